The van der Waals surface area contributed by atoms with E-state index < -0.39 is 28.5 Å². The number of hydrogen-bond acceptors (Lipinski definition) is 4. The maximum atomic E-state index is 14.4. The summed E-state index contributed by atoms with van der Waals surface area (Å²) in [5.74, 6) is -0.674. The van der Waals surface area contributed by atoms with Crippen molar-refractivity contribution in [2.75, 3.05) is 10.8 Å². The third-order valence-electron chi connectivity index (χ3n) is 8.27. The van der Waals surface area contributed by atoms with Gasteiger partial charge in [-0.3, -0.25) is 13.9 Å². The molecular weight excluding hydrogens is 582 g/mol. The molecule has 1 aliphatic rings. The fourth-order valence-electron chi connectivity index (χ4n) is 5.64. The van der Waals surface area contributed by atoms with Crippen molar-refractivity contribution in [2.45, 2.75) is 89.7 Å². The van der Waals surface area contributed by atoms with Crippen molar-refractivity contribution in [1.29, 1.82) is 0 Å². The molecule has 0 unspecified atom stereocenters. The van der Waals surface area contributed by atoms with Crippen LogP contribution in [0.2, 0.25) is 5.02 Å². The summed E-state index contributed by atoms with van der Waals surface area (Å²) >= 11 is 6.34. The van der Waals surface area contributed by atoms with E-state index in [1.165, 1.54) is 4.90 Å². The third kappa shape index (κ3) is 7.98. The van der Waals surface area contributed by atoms with Crippen molar-refractivity contribution in [2.24, 2.45) is 0 Å². The van der Waals surface area contributed by atoms with Crippen molar-refractivity contribution >= 4 is 39.1 Å². The van der Waals surface area contributed by atoms with Crippen LogP contribution in [0.3, 0.4) is 0 Å². The first-order valence-corrected chi connectivity index (χ1v) is 16.8. The minimum Gasteiger partial charge on any atom is -0.352 e. The summed E-state index contributed by atoms with van der Waals surface area (Å²) in [4.78, 5) is 29.7. The summed E-state index contributed by atoms with van der Waals surface area (Å²) in [6, 6.07) is 18.6. The third-order valence-corrected chi connectivity index (χ3v) is 10.3. The van der Waals surface area contributed by atoms with Crippen LogP contribution in [-0.4, -0.2) is 43.8 Å². The SMILES string of the molecule is CC[C@H](C(=O)NC1CCCCC1)N(Cc1ccccc1C)C(=O)CN(c1cc(Cl)ccc1C)S(=O)(=O)c1ccc(C)cc1. The number of benzene rings is 3. The predicted octanol–water partition coefficient (Wildman–Crippen LogP) is 6.72. The van der Waals surface area contributed by atoms with E-state index in [0.29, 0.717) is 22.7 Å². The molecule has 0 bridgehead atoms. The van der Waals surface area contributed by atoms with Crippen LogP contribution in [0.1, 0.15) is 67.7 Å². The molecule has 0 spiro atoms. The van der Waals surface area contributed by atoms with Crippen molar-refractivity contribution in [3.8, 4) is 0 Å². The van der Waals surface area contributed by atoms with Gasteiger partial charge in [-0.05, 0) is 81.0 Å². The number of sulfonamides is 1. The van der Waals surface area contributed by atoms with Crippen LogP contribution in [0.25, 0.3) is 0 Å². The average molecular weight is 624 g/mol. The molecule has 1 N–H and O–H groups in total. The number of hydrogen-bond donors (Lipinski definition) is 1. The van der Waals surface area contributed by atoms with E-state index in [0.717, 1.165) is 53.1 Å². The lowest BCUT2D eigenvalue weighted by molar-refractivity contribution is -0.140. The van der Waals surface area contributed by atoms with Crippen LogP contribution < -0.4 is 9.62 Å². The Morgan fingerprint density at radius 1 is 0.930 bits per heavy atom. The van der Waals surface area contributed by atoms with Crippen LogP contribution in [0.5, 0.6) is 0 Å². The lowest BCUT2D eigenvalue weighted by Gasteiger charge is -2.35. The highest BCUT2D eigenvalue weighted by atomic mass is 35.5. The molecule has 0 radical (unpaired) electrons. The Hall–Kier alpha value is -3.36. The smallest absolute Gasteiger partial charge is 0.264 e. The molecule has 9 heteroatoms. The molecular formula is C34H42ClN3O4S. The first-order chi connectivity index (χ1) is 20.5. The van der Waals surface area contributed by atoms with Crippen molar-refractivity contribution in [3.05, 3.63) is 94.0 Å². The summed E-state index contributed by atoms with van der Waals surface area (Å²) in [5.41, 5.74) is 3.77. The number of rotatable bonds is 11. The summed E-state index contributed by atoms with van der Waals surface area (Å²) in [6.45, 7) is 7.19. The normalized spacial score (nSPS) is 14.6. The summed E-state index contributed by atoms with van der Waals surface area (Å²) in [7, 11) is -4.17. The molecule has 0 aromatic heterocycles. The van der Waals surface area contributed by atoms with Crippen LogP contribution in [0.15, 0.2) is 71.6 Å². The number of nitrogens with one attached hydrogen (secondary N) is 1. The minimum atomic E-state index is -4.17. The number of carbonyl (C=O) groups excluding carboxylic acids is 2. The predicted molar refractivity (Wildman–Crippen MR) is 173 cm³/mol. The van der Waals surface area contributed by atoms with E-state index in [9.17, 15) is 18.0 Å². The summed E-state index contributed by atoms with van der Waals surface area (Å²) in [6.07, 6.45) is 5.53. The monoisotopic (exact) mass is 623 g/mol. The zero-order valence-electron chi connectivity index (χ0n) is 25.5. The van der Waals surface area contributed by atoms with Crippen LogP contribution in [-0.2, 0) is 26.2 Å². The van der Waals surface area contributed by atoms with Gasteiger partial charge in [-0.2, -0.15) is 0 Å². The van der Waals surface area contributed by atoms with Gasteiger partial charge in [0.05, 0.1) is 10.6 Å². The lowest BCUT2D eigenvalue weighted by Crippen LogP contribution is -2.54. The molecule has 3 aromatic rings. The van der Waals surface area contributed by atoms with Gasteiger partial charge in [-0.1, -0.05) is 85.8 Å². The molecule has 1 atom stereocenters. The fourth-order valence-corrected chi connectivity index (χ4v) is 7.27. The highest BCUT2D eigenvalue weighted by Gasteiger charge is 2.35. The van der Waals surface area contributed by atoms with Gasteiger partial charge in [0.1, 0.15) is 12.6 Å². The molecule has 3 aromatic carbocycles. The topological polar surface area (TPSA) is 86.8 Å². The molecule has 0 aliphatic heterocycles. The highest BCUT2D eigenvalue weighted by Crippen LogP contribution is 2.30. The second kappa shape index (κ2) is 14.4. The summed E-state index contributed by atoms with van der Waals surface area (Å²) in [5, 5.41) is 3.54. The number of aryl methyl sites for hydroxylation is 3. The number of amides is 2. The Balaban J connectivity index is 1.74. The van der Waals surface area contributed by atoms with Gasteiger partial charge in [-0.15, -0.1) is 0 Å². The quantitative estimate of drug-likeness (QED) is 0.257. The van der Waals surface area contributed by atoms with E-state index in [-0.39, 0.29) is 23.4 Å². The molecule has 4 rings (SSSR count). The van der Waals surface area contributed by atoms with E-state index in [4.69, 9.17) is 11.6 Å². The van der Waals surface area contributed by atoms with E-state index >= 15 is 0 Å². The van der Waals surface area contributed by atoms with Gasteiger partial charge in [0.15, 0.2) is 0 Å². The van der Waals surface area contributed by atoms with Gasteiger partial charge >= 0.3 is 0 Å². The number of anilines is 1. The van der Waals surface area contributed by atoms with E-state index in [1.807, 2.05) is 45.0 Å². The van der Waals surface area contributed by atoms with Crippen LogP contribution in [0.4, 0.5) is 5.69 Å². The van der Waals surface area contributed by atoms with E-state index in [1.54, 1.807) is 49.4 Å². The number of nitrogens with zero attached hydrogens (tertiary/aromatic N) is 2. The number of carbonyl (C=O) groups is 2. The average Bonchev–Trinajstić information content (AvgIpc) is 2.98. The maximum Gasteiger partial charge on any atom is 0.264 e. The zero-order chi connectivity index (χ0) is 31.1. The van der Waals surface area contributed by atoms with Gasteiger partial charge in [0, 0.05) is 17.6 Å². The van der Waals surface area contributed by atoms with Gasteiger partial charge < -0.3 is 10.2 Å². The molecule has 1 fully saturated rings. The largest absolute Gasteiger partial charge is 0.352 e. The second-order valence-corrected chi connectivity index (χ2v) is 13.8. The Bertz CT molecular complexity index is 1540. The standard InChI is InChI=1S/C34H42ClN3O4S/c1-5-31(34(40)36-29-13-7-6-8-14-29)37(22-27-12-10-9-11-25(27)3)33(39)23-38(32-21-28(35)18-17-26(32)4)43(41,42)30-19-15-24(2)16-20-30/h9-12,15-21,29,31H,5-8,13-14,22-23H2,1-4H3,(H,36,40)/t31-/m1/s1. The first kappa shape index (κ1) is 32.6. The molecule has 1 saturated carbocycles. The van der Waals surface area contributed by atoms with Gasteiger partial charge in [-0.25, -0.2) is 8.42 Å². The Morgan fingerprint density at radius 2 is 1.60 bits per heavy atom. The van der Waals surface area contributed by atoms with Gasteiger partial charge in [0.25, 0.3) is 10.0 Å². The molecule has 1 aliphatic carbocycles. The van der Waals surface area contributed by atoms with Crippen LogP contribution >= 0.6 is 11.6 Å². The Kier molecular flexibility index (Phi) is 10.9. The van der Waals surface area contributed by atoms with Crippen molar-refractivity contribution in [1.82, 2.24) is 10.2 Å². The minimum absolute atomic E-state index is 0.0674. The summed E-state index contributed by atoms with van der Waals surface area (Å²) < 4.78 is 29.4. The molecule has 43 heavy (non-hydrogen) atoms. The molecule has 0 saturated heterocycles. The van der Waals surface area contributed by atoms with Crippen molar-refractivity contribution < 1.29 is 18.0 Å². The Labute approximate surface area is 261 Å². The molecule has 0 heterocycles. The second-order valence-electron chi connectivity index (χ2n) is 11.5. The maximum absolute atomic E-state index is 14.4. The number of halogens is 1. The highest BCUT2D eigenvalue weighted by molar-refractivity contribution is 7.92. The first-order valence-electron chi connectivity index (χ1n) is 15.0. The lowest BCUT2D eigenvalue weighted by atomic mass is 9.95. The molecule has 7 nitrogen and oxygen atoms in total. The van der Waals surface area contributed by atoms with E-state index in [2.05, 4.69) is 5.32 Å². The van der Waals surface area contributed by atoms with Crippen molar-refractivity contribution in [3.63, 3.8) is 0 Å². The Morgan fingerprint density at radius 3 is 2.26 bits per heavy atom. The molecule has 230 valence electrons. The molecule has 2 amide bonds. The van der Waals surface area contributed by atoms with Gasteiger partial charge in [0.2, 0.25) is 11.8 Å². The fraction of sp³-hybridized carbons (Fsp3) is 0.412. The zero-order valence-corrected chi connectivity index (χ0v) is 27.0. The van der Waals surface area contributed by atoms with Crippen LogP contribution in [0, 0.1) is 20.8 Å².